The molecule has 1 unspecified atom stereocenters. The average molecular weight is 169 g/mol. The topological polar surface area (TPSA) is 49.3 Å². The molecule has 0 spiro atoms. The van der Waals surface area contributed by atoms with E-state index in [-0.39, 0.29) is 18.6 Å². The van der Waals surface area contributed by atoms with E-state index in [9.17, 15) is 4.79 Å². The molecule has 0 saturated heterocycles. The number of hydrogen-bond acceptors (Lipinski definition) is 2. The number of hydrogen-bond donors (Lipinski definition) is 2. The van der Waals surface area contributed by atoms with Gasteiger partial charge in [0.15, 0.2) is 0 Å². The zero-order chi connectivity index (χ0) is 9.40. The van der Waals surface area contributed by atoms with Gasteiger partial charge in [-0.25, -0.2) is 0 Å². The van der Waals surface area contributed by atoms with Crippen LogP contribution in [0, 0.1) is 12.3 Å². The fourth-order valence-corrected chi connectivity index (χ4v) is 0.753. The van der Waals surface area contributed by atoms with E-state index in [0.29, 0.717) is 19.3 Å². The molecule has 0 bridgehead atoms. The summed E-state index contributed by atoms with van der Waals surface area (Å²) in [6, 6.07) is -0.202. The Labute approximate surface area is 73.2 Å². The normalized spacial score (nSPS) is 11.8. The Kier molecular flexibility index (Phi) is 6.12. The van der Waals surface area contributed by atoms with E-state index >= 15 is 0 Å². The second-order valence-electron chi connectivity index (χ2n) is 2.64. The van der Waals surface area contributed by atoms with Crippen molar-refractivity contribution >= 4 is 5.91 Å². The van der Waals surface area contributed by atoms with Crippen LogP contribution in [0.15, 0.2) is 0 Å². The summed E-state index contributed by atoms with van der Waals surface area (Å²) in [5.41, 5.74) is 0. The maximum Gasteiger partial charge on any atom is 0.220 e. The van der Waals surface area contributed by atoms with Crippen molar-refractivity contribution in [2.75, 3.05) is 6.61 Å². The van der Waals surface area contributed by atoms with Crippen LogP contribution in [0.25, 0.3) is 0 Å². The number of unbranched alkanes of at least 4 members (excludes halogenated alkanes) is 1. The summed E-state index contributed by atoms with van der Waals surface area (Å²) in [6.07, 6.45) is 6.88. The van der Waals surface area contributed by atoms with E-state index in [0.717, 1.165) is 0 Å². The van der Waals surface area contributed by atoms with Gasteiger partial charge in [0.1, 0.15) is 0 Å². The summed E-state index contributed by atoms with van der Waals surface area (Å²) in [4.78, 5) is 11.0. The Morgan fingerprint density at radius 3 is 2.83 bits per heavy atom. The highest BCUT2D eigenvalue weighted by molar-refractivity contribution is 5.76. The van der Waals surface area contributed by atoms with Gasteiger partial charge >= 0.3 is 0 Å². The summed E-state index contributed by atoms with van der Waals surface area (Å²) in [7, 11) is 0. The van der Waals surface area contributed by atoms with Crippen molar-refractivity contribution in [2.24, 2.45) is 0 Å². The van der Waals surface area contributed by atoms with Crippen molar-refractivity contribution in [3.63, 3.8) is 0 Å². The Balaban J connectivity index is 3.41. The lowest BCUT2D eigenvalue weighted by Crippen LogP contribution is -2.30. The quantitative estimate of drug-likeness (QED) is 0.459. The van der Waals surface area contributed by atoms with Gasteiger partial charge in [-0.1, -0.05) is 5.92 Å². The highest BCUT2D eigenvalue weighted by Crippen LogP contribution is 1.94. The molecule has 0 aliphatic heterocycles. The maximum absolute atomic E-state index is 11.0. The van der Waals surface area contributed by atoms with Gasteiger partial charge < -0.3 is 10.4 Å². The molecule has 0 aliphatic rings. The molecule has 68 valence electrons. The van der Waals surface area contributed by atoms with Crippen molar-refractivity contribution in [1.29, 1.82) is 0 Å². The molecule has 0 aliphatic carbocycles. The van der Waals surface area contributed by atoms with Crippen LogP contribution in [-0.2, 0) is 4.79 Å². The molecule has 3 nitrogen and oxygen atoms in total. The van der Waals surface area contributed by atoms with E-state index in [2.05, 4.69) is 11.2 Å². The number of aliphatic hydroxyl groups excluding tert-OH is 1. The monoisotopic (exact) mass is 169 g/mol. The fourth-order valence-electron chi connectivity index (χ4n) is 0.753. The van der Waals surface area contributed by atoms with Crippen LogP contribution in [0.4, 0.5) is 0 Å². The van der Waals surface area contributed by atoms with Crippen molar-refractivity contribution in [1.82, 2.24) is 5.32 Å². The first kappa shape index (κ1) is 11.0. The third kappa shape index (κ3) is 5.75. The van der Waals surface area contributed by atoms with Crippen LogP contribution in [0.1, 0.15) is 26.2 Å². The van der Waals surface area contributed by atoms with Gasteiger partial charge in [-0.3, -0.25) is 4.79 Å². The van der Waals surface area contributed by atoms with Gasteiger partial charge in [0.2, 0.25) is 5.91 Å². The molecule has 0 fully saturated rings. The lowest BCUT2D eigenvalue weighted by Gasteiger charge is -2.06. The maximum atomic E-state index is 11.0. The van der Waals surface area contributed by atoms with E-state index in [1.165, 1.54) is 0 Å². The van der Waals surface area contributed by atoms with Gasteiger partial charge in [0, 0.05) is 13.0 Å². The number of aliphatic hydroxyl groups is 1. The van der Waals surface area contributed by atoms with Crippen molar-refractivity contribution in [3.05, 3.63) is 0 Å². The highest BCUT2D eigenvalue weighted by Gasteiger charge is 2.02. The predicted molar refractivity (Wildman–Crippen MR) is 47.4 cm³/mol. The number of carbonyl (C=O) groups excluding carboxylic acids is 1. The zero-order valence-electron chi connectivity index (χ0n) is 7.34. The summed E-state index contributed by atoms with van der Waals surface area (Å²) in [5, 5.41) is 11.1. The molecule has 0 aromatic heterocycles. The second kappa shape index (κ2) is 6.68. The van der Waals surface area contributed by atoms with E-state index in [1.54, 1.807) is 6.92 Å². The van der Waals surface area contributed by atoms with E-state index in [4.69, 9.17) is 11.5 Å². The molecule has 0 radical (unpaired) electrons. The standard InChI is InChI=1S/C9H15NO2/c1-3-8(2)10-9(12)6-4-5-7-11/h1,8,11H,4-7H2,2H3,(H,10,12). The predicted octanol–water partition coefficient (Wildman–Crippen LogP) is 0.287. The van der Waals surface area contributed by atoms with Crippen LogP contribution >= 0.6 is 0 Å². The molecule has 2 N–H and O–H groups in total. The SMILES string of the molecule is C#CC(C)NC(=O)CCCCO. The van der Waals surface area contributed by atoms with Gasteiger partial charge in [-0.05, 0) is 19.8 Å². The summed E-state index contributed by atoms with van der Waals surface area (Å²) in [6.45, 7) is 1.89. The Morgan fingerprint density at radius 1 is 1.67 bits per heavy atom. The van der Waals surface area contributed by atoms with Crippen molar-refractivity contribution in [3.8, 4) is 12.3 Å². The molecular weight excluding hydrogens is 154 g/mol. The summed E-state index contributed by atoms with van der Waals surface area (Å²) in [5.74, 6) is 2.36. The number of rotatable bonds is 5. The molecule has 3 heteroatoms. The smallest absolute Gasteiger partial charge is 0.220 e. The first-order valence-corrected chi connectivity index (χ1v) is 4.07. The van der Waals surface area contributed by atoms with Gasteiger partial charge in [-0.2, -0.15) is 0 Å². The fraction of sp³-hybridized carbons (Fsp3) is 0.667. The molecule has 0 aromatic rings. The third-order valence-electron chi connectivity index (χ3n) is 1.44. The number of nitrogens with one attached hydrogen (secondary N) is 1. The molecule has 0 rings (SSSR count). The van der Waals surface area contributed by atoms with Gasteiger partial charge in [-0.15, -0.1) is 6.42 Å². The van der Waals surface area contributed by atoms with Crippen LogP contribution < -0.4 is 5.32 Å². The van der Waals surface area contributed by atoms with E-state index < -0.39 is 0 Å². The minimum atomic E-state index is -0.202. The van der Waals surface area contributed by atoms with Crippen molar-refractivity contribution in [2.45, 2.75) is 32.2 Å². The summed E-state index contributed by atoms with van der Waals surface area (Å²) >= 11 is 0. The van der Waals surface area contributed by atoms with Crippen LogP contribution in [0.3, 0.4) is 0 Å². The Bertz CT molecular complexity index is 172. The van der Waals surface area contributed by atoms with Crippen molar-refractivity contribution < 1.29 is 9.90 Å². The Hall–Kier alpha value is -1.01. The first-order valence-electron chi connectivity index (χ1n) is 4.07. The lowest BCUT2D eigenvalue weighted by molar-refractivity contribution is -0.121. The molecule has 1 amide bonds. The van der Waals surface area contributed by atoms with Crippen LogP contribution in [0.5, 0.6) is 0 Å². The molecular formula is C9H15NO2. The minimum absolute atomic E-state index is 0.0473. The lowest BCUT2D eigenvalue weighted by atomic mass is 10.2. The average Bonchev–Trinajstić information content (AvgIpc) is 2.05. The second-order valence-corrected chi connectivity index (χ2v) is 2.64. The highest BCUT2D eigenvalue weighted by atomic mass is 16.2. The largest absolute Gasteiger partial charge is 0.396 e. The van der Waals surface area contributed by atoms with E-state index in [1.807, 2.05) is 0 Å². The van der Waals surface area contributed by atoms with Gasteiger partial charge in [0.25, 0.3) is 0 Å². The first-order chi connectivity index (χ1) is 5.70. The zero-order valence-corrected chi connectivity index (χ0v) is 7.34. The molecule has 0 aromatic carbocycles. The molecule has 12 heavy (non-hydrogen) atoms. The minimum Gasteiger partial charge on any atom is -0.396 e. The Morgan fingerprint density at radius 2 is 2.33 bits per heavy atom. The number of amides is 1. The van der Waals surface area contributed by atoms with Crippen LogP contribution in [-0.4, -0.2) is 23.7 Å². The summed E-state index contributed by atoms with van der Waals surface area (Å²) < 4.78 is 0. The third-order valence-corrected chi connectivity index (χ3v) is 1.44. The molecule has 1 atom stereocenters. The number of carbonyl (C=O) groups is 1. The number of terminal acetylenes is 1. The van der Waals surface area contributed by atoms with Crippen LogP contribution in [0.2, 0.25) is 0 Å². The molecule has 0 saturated carbocycles. The van der Waals surface area contributed by atoms with Gasteiger partial charge in [0.05, 0.1) is 6.04 Å². The molecule has 0 heterocycles.